The maximum Gasteiger partial charge on any atom is 0.197 e. The minimum atomic E-state index is -0.295. The summed E-state index contributed by atoms with van der Waals surface area (Å²) in [5, 5.41) is 13.1. The molecule has 1 saturated carbocycles. The number of rotatable bonds is 5. The largest absolute Gasteiger partial charge is 0.302 e. The van der Waals surface area contributed by atoms with Crippen molar-refractivity contribution in [3.05, 3.63) is 58.6 Å². The summed E-state index contributed by atoms with van der Waals surface area (Å²) in [6.07, 6.45) is 4.57. The lowest BCUT2D eigenvalue weighted by atomic mass is 10.2. The average Bonchev–Trinajstić information content (AvgIpc) is 3.20. The molecule has 0 N–H and O–H groups in total. The predicted molar refractivity (Wildman–Crippen MR) is 99.0 cm³/mol. The van der Waals surface area contributed by atoms with E-state index in [1.807, 2.05) is 0 Å². The van der Waals surface area contributed by atoms with Crippen LogP contribution >= 0.6 is 23.1 Å². The molecule has 4 aromatic rings. The predicted octanol–water partition coefficient (Wildman–Crippen LogP) is 4.50. The van der Waals surface area contributed by atoms with E-state index < -0.39 is 0 Å². The smallest absolute Gasteiger partial charge is 0.197 e. The first-order valence-corrected chi connectivity index (χ1v) is 10.0. The van der Waals surface area contributed by atoms with Crippen LogP contribution in [0.3, 0.4) is 0 Å². The monoisotopic (exact) mass is 383 g/mol. The fourth-order valence-corrected chi connectivity index (χ4v) is 4.62. The van der Waals surface area contributed by atoms with Crippen LogP contribution in [0.2, 0.25) is 0 Å². The quantitative estimate of drug-likeness (QED) is 0.475. The van der Waals surface area contributed by atoms with Gasteiger partial charge in [-0.3, -0.25) is 0 Å². The standard InChI is InChI=1S/C18H14FN5S2/c19-11-3-6-15-14(8-11)17(21-10-20-15)26-18-23-22-16(24(18)12-4-5-12)9-13-2-1-7-25-13/h1-3,6-8,10,12H,4-5,9H2. The maximum absolute atomic E-state index is 13.7. The lowest BCUT2D eigenvalue weighted by molar-refractivity contribution is 0.629. The zero-order chi connectivity index (χ0) is 17.5. The third-order valence-electron chi connectivity index (χ3n) is 4.31. The second kappa shape index (κ2) is 6.44. The van der Waals surface area contributed by atoms with Crippen molar-refractivity contribution in [3.8, 4) is 0 Å². The molecule has 26 heavy (non-hydrogen) atoms. The molecule has 0 unspecified atom stereocenters. The van der Waals surface area contributed by atoms with Crippen molar-refractivity contribution in [1.29, 1.82) is 0 Å². The molecule has 1 fully saturated rings. The average molecular weight is 383 g/mol. The van der Waals surface area contributed by atoms with Gasteiger partial charge in [-0.05, 0) is 54.2 Å². The molecular weight excluding hydrogens is 369 g/mol. The lowest BCUT2D eigenvalue weighted by Crippen LogP contribution is -2.03. The van der Waals surface area contributed by atoms with E-state index in [1.165, 1.54) is 35.1 Å². The molecule has 1 aromatic carbocycles. The second-order valence-electron chi connectivity index (χ2n) is 6.20. The van der Waals surface area contributed by atoms with Gasteiger partial charge < -0.3 is 4.57 Å². The highest BCUT2D eigenvalue weighted by Crippen LogP contribution is 2.41. The van der Waals surface area contributed by atoms with E-state index in [-0.39, 0.29) is 5.82 Å². The molecule has 8 heteroatoms. The van der Waals surface area contributed by atoms with Gasteiger partial charge in [-0.2, -0.15) is 0 Å². The maximum atomic E-state index is 13.7. The van der Waals surface area contributed by atoms with Crippen LogP contribution in [0.5, 0.6) is 0 Å². The van der Waals surface area contributed by atoms with Gasteiger partial charge in [-0.15, -0.1) is 21.5 Å². The van der Waals surface area contributed by atoms with Crippen LogP contribution in [0.25, 0.3) is 10.9 Å². The molecule has 0 aliphatic heterocycles. The Balaban J connectivity index is 1.53. The zero-order valence-electron chi connectivity index (χ0n) is 13.7. The lowest BCUT2D eigenvalue weighted by Gasteiger charge is -2.09. The van der Waals surface area contributed by atoms with E-state index in [1.54, 1.807) is 17.4 Å². The highest BCUT2D eigenvalue weighted by Gasteiger charge is 2.30. The van der Waals surface area contributed by atoms with E-state index in [0.717, 1.165) is 35.8 Å². The van der Waals surface area contributed by atoms with Gasteiger partial charge in [0.15, 0.2) is 5.16 Å². The normalized spacial score (nSPS) is 14.2. The van der Waals surface area contributed by atoms with Gasteiger partial charge in [-0.1, -0.05) is 6.07 Å². The van der Waals surface area contributed by atoms with Crippen molar-refractivity contribution in [2.24, 2.45) is 0 Å². The van der Waals surface area contributed by atoms with Gasteiger partial charge in [0.05, 0.1) is 5.52 Å². The first kappa shape index (κ1) is 15.9. The molecule has 0 radical (unpaired) electrons. The Morgan fingerprint density at radius 2 is 2.12 bits per heavy atom. The minimum Gasteiger partial charge on any atom is -0.302 e. The molecule has 3 aromatic heterocycles. The molecule has 0 spiro atoms. The van der Waals surface area contributed by atoms with Gasteiger partial charge in [-0.25, -0.2) is 14.4 Å². The van der Waals surface area contributed by atoms with Gasteiger partial charge in [0.1, 0.15) is 23.0 Å². The Hall–Kier alpha value is -2.32. The van der Waals surface area contributed by atoms with Crippen LogP contribution in [-0.4, -0.2) is 24.7 Å². The summed E-state index contributed by atoms with van der Waals surface area (Å²) in [5.74, 6) is 0.679. The summed E-state index contributed by atoms with van der Waals surface area (Å²) in [6.45, 7) is 0. The molecule has 1 aliphatic carbocycles. The van der Waals surface area contributed by atoms with Crippen molar-refractivity contribution in [2.75, 3.05) is 0 Å². The minimum absolute atomic E-state index is 0.295. The molecule has 5 rings (SSSR count). The van der Waals surface area contributed by atoms with E-state index in [9.17, 15) is 4.39 Å². The van der Waals surface area contributed by atoms with E-state index >= 15 is 0 Å². The molecule has 130 valence electrons. The number of fused-ring (bicyclic) bond motifs is 1. The van der Waals surface area contributed by atoms with Gasteiger partial charge in [0.25, 0.3) is 0 Å². The Kier molecular flexibility index (Phi) is 3.94. The summed E-state index contributed by atoms with van der Waals surface area (Å²) >= 11 is 3.15. The number of benzene rings is 1. The fourth-order valence-electron chi connectivity index (χ4n) is 2.94. The summed E-state index contributed by atoms with van der Waals surface area (Å²) in [4.78, 5) is 9.84. The van der Waals surface area contributed by atoms with Crippen molar-refractivity contribution in [3.63, 3.8) is 0 Å². The Bertz CT molecular complexity index is 1070. The van der Waals surface area contributed by atoms with E-state index in [0.29, 0.717) is 16.5 Å². The van der Waals surface area contributed by atoms with Crippen LogP contribution in [0.1, 0.15) is 29.6 Å². The molecule has 0 saturated heterocycles. The van der Waals surface area contributed by atoms with Gasteiger partial charge in [0.2, 0.25) is 0 Å². The van der Waals surface area contributed by atoms with Crippen LogP contribution in [0, 0.1) is 5.82 Å². The number of nitrogens with zero attached hydrogens (tertiary/aromatic N) is 5. The topological polar surface area (TPSA) is 56.5 Å². The highest BCUT2D eigenvalue weighted by atomic mass is 32.2. The molecular formula is C18H14FN5S2. The molecule has 0 bridgehead atoms. The van der Waals surface area contributed by atoms with Crippen LogP contribution in [-0.2, 0) is 6.42 Å². The SMILES string of the molecule is Fc1ccc2ncnc(Sc3nnc(Cc4cccs4)n3C3CC3)c2c1. The fraction of sp³-hybridized carbons (Fsp3) is 0.222. The van der Waals surface area contributed by atoms with Crippen LogP contribution in [0.4, 0.5) is 4.39 Å². The zero-order valence-corrected chi connectivity index (χ0v) is 15.3. The highest BCUT2D eigenvalue weighted by molar-refractivity contribution is 7.99. The first-order valence-electron chi connectivity index (χ1n) is 8.32. The van der Waals surface area contributed by atoms with Crippen molar-refractivity contribution >= 4 is 34.0 Å². The molecule has 0 amide bonds. The summed E-state index contributed by atoms with van der Waals surface area (Å²) < 4.78 is 15.9. The van der Waals surface area contributed by atoms with E-state index in [2.05, 4.69) is 42.2 Å². The van der Waals surface area contributed by atoms with Gasteiger partial charge in [0, 0.05) is 22.7 Å². The number of hydrogen-bond acceptors (Lipinski definition) is 6. The number of halogens is 1. The third-order valence-corrected chi connectivity index (χ3v) is 6.16. The number of thiophene rings is 1. The third kappa shape index (κ3) is 2.99. The molecule has 0 atom stereocenters. The van der Waals surface area contributed by atoms with Crippen LogP contribution < -0.4 is 0 Å². The Morgan fingerprint density at radius 1 is 1.19 bits per heavy atom. The molecule has 1 aliphatic rings. The Morgan fingerprint density at radius 3 is 2.92 bits per heavy atom. The molecule has 5 nitrogen and oxygen atoms in total. The van der Waals surface area contributed by atoms with Gasteiger partial charge >= 0.3 is 0 Å². The summed E-state index contributed by atoms with van der Waals surface area (Å²) in [5.41, 5.74) is 0.722. The number of aromatic nitrogens is 5. The second-order valence-corrected chi connectivity index (χ2v) is 8.19. The van der Waals surface area contributed by atoms with Crippen molar-refractivity contribution in [2.45, 2.75) is 35.5 Å². The van der Waals surface area contributed by atoms with E-state index in [4.69, 9.17) is 0 Å². The first-order chi connectivity index (χ1) is 12.8. The molecule has 3 heterocycles. The Labute approximate surface area is 157 Å². The van der Waals surface area contributed by atoms with Crippen molar-refractivity contribution < 1.29 is 4.39 Å². The summed E-state index contributed by atoms with van der Waals surface area (Å²) in [7, 11) is 0. The van der Waals surface area contributed by atoms with Crippen molar-refractivity contribution in [1.82, 2.24) is 24.7 Å². The summed E-state index contributed by atoms with van der Waals surface area (Å²) in [6, 6.07) is 9.17. The van der Waals surface area contributed by atoms with Crippen LogP contribution in [0.15, 0.2) is 52.2 Å². The number of hydrogen-bond donors (Lipinski definition) is 0.